The maximum atomic E-state index is 13.4. The molecule has 2 rings (SSSR count). The van der Waals surface area contributed by atoms with Crippen LogP contribution in [0.2, 0.25) is 5.02 Å². The van der Waals surface area contributed by atoms with Gasteiger partial charge in [-0.05, 0) is 24.3 Å². The van der Waals surface area contributed by atoms with Gasteiger partial charge in [0.25, 0.3) is 5.69 Å². The molecule has 104 valence electrons. The molecule has 0 amide bonds. The van der Waals surface area contributed by atoms with E-state index in [1.165, 1.54) is 24.3 Å². The lowest BCUT2D eigenvalue weighted by atomic mass is 10.2. The Morgan fingerprint density at radius 3 is 2.40 bits per heavy atom. The van der Waals surface area contributed by atoms with Gasteiger partial charge in [-0.3, -0.25) is 10.1 Å². The van der Waals surface area contributed by atoms with Crippen molar-refractivity contribution in [3.05, 3.63) is 68.7 Å². The molecule has 0 aliphatic heterocycles. The van der Waals surface area contributed by atoms with Gasteiger partial charge in [0.05, 0.1) is 4.92 Å². The summed E-state index contributed by atoms with van der Waals surface area (Å²) in [6.07, 6.45) is 0. The third kappa shape index (κ3) is 3.03. The Bertz CT molecular complexity index is 645. The van der Waals surface area contributed by atoms with E-state index in [-0.39, 0.29) is 22.8 Å². The lowest BCUT2D eigenvalue weighted by Crippen LogP contribution is -2.04. The zero-order valence-corrected chi connectivity index (χ0v) is 10.8. The van der Waals surface area contributed by atoms with Gasteiger partial charge < -0.3 is 5.32 Å². The highest BCUT2D eigenvalue weighted by Crippen LogP contribution is 2.27. The Balaban J connectivity index is 2.16. The van der Waals surface area contributed by atoms with Crippen LogP contribution in [0.5, 0.6) is 0 Å². The summed E-state index contributed by atoms with van der Waals surface area (Å²) in [6, 6.07) is 7.56. The molecule has 20 heavy (non-hydrogen) atoms. The largest absolute Gasteiger partial charge is 0.381 e. The van der Waals surface area contributed by atoms with Crippen molar-refractivity contribution in [2.45, 2.75) is 6.54 Å². The third-order valence-corrected chi connectivity index (χ3v) is 2.98. The molecule has 0 radical (unpaired) electrons. The van der Waals surface area contributed by atoms with Gasteiger partial charge in [-0.25, -0.2) is 8.78 Å². The Hall–Kier alpha value is -2.21. The molecule has 1 N–H and O–H groups in total. The average molecular weight is 299 g/mol. The number of nitro benzene ring substituents is 1. The van der Waals surface area contributed by atoms with Crippen LogP contribution in [0.1, 0.15) is 5.56 Å². The number of anilines is 1. The van der Waals surface area contributed by atoms with Crippen LogP contribution >= 0.6 is 11.6 Å². The molecule has 2 aromatic carbocycles. The molecule has 0 aromatic heterocycles. The van der Waals surface area contributed by atoms with Crippen molar-refractivity contribution in [2.24, 2.45) is 0 Å². The maximum Gasteiger partial charge on any atom is 0.288 e. The van der Waals surface area contributed by atoms with Gasteiger partial charge in [0.2, 0.25) is 0 Å². The van der Waals surface area contributed by atoms with E-state index in [0.717, 1.165) is 12.1 Å². The van der Waals surface area contributed by atoms with Gasteiger partial charge in [0.15, 0.2) is 0 Å². The van der Waals surface area contributed by atoms with Crippen molar-refractivity contribution in [1.82, 2.24) is 0 Å². The minimum Gasteiger partial charge on any atom is -0.381 e. The molecule has 0 heterocycles. The molecule has 4 nitrogen and oxygen atoms in total. The molecular weight excluding hydrogens is 290 g/mol. The molecule has 0 aliphatic carbocycles. The minimum absolute atomic E-state index is 0.0472. The Morgan fingerprint density at radius 1 is 1.20 bits per heavy atom. The molecule has 0 saturated carbocycles. The number of nitro groups is 1. The molecule has 0 saturated heterocycles. The summed E-state index contributed by atoms with van der Waals surface area (Å²) in [6.45, 7) is -0.0906. The second-order valence-corrected chi connectivity index (χ2v) is 4.38. The fourth-order valence-electron chi connectivity index (χ4n) is 1.66. The zero-order chi connectivity index (χ0) is 14.7. The fraction of sp³-hybridized carbons (Fsp3) is 0.0769. The summed E-state index contributed by atoms with van der Waals surface area (Å²) >= 11 is 5.74. The number of nitrogens with zero attached hydrogens (tertiary/aromatic N) is 1. The second kappa shape index (κ2) is 5.83. The van der Waals surface area contributed by atoms with Crippen LogP contribution in [-0.4, -0.2) is 4.92 Å². The first-order chi connectivity index (χ1) is 9.49. The monoisotopic (exact) mass is 298 g/mol. The predicted molar refractivity (Wildman–Crippen MR) is 71.8 cm³/mol. The Labute approximate surface area is 118 Å². The van der Waals surface area contributed by atoms with Crippen molar-refractivity contribution >= 4 is 23.0 Å². The number of hydrogen-bond acceptors (Lipinski definition) is 3. The third-order valence-electron chi connectivity index (χ3n) is 2.68. The van der Waals surface area contributed by atoms with Crippen molar-refractivity contribution in [3.63, 3.8) is 0 Å². The molecule has 2 aromatic rings. The highest BCUT2D eigenvalue weighted by atomic mass is 35.5. The van der Waals surface area contributed by atoms with Crippen LogP contribution in [0.4, 0.5) is 20.2 Å². The molecule has 0 spiro atoms. The van der Waals surface area contributed by atoms with Crippen LogP contribution < -0.4 is 5.32 Å². The van der Waals surface area contributed by atoms with Gasteiger partial charge in [0, 0.05) is 23.9 Å². The average Bonchev–Trinajstić information content (AvgIpc) is 2.37. The van der Waals surface area contributed by atoms with E-state index >= 15 is 0 Å². The summed E-state index contributed by atoms with van der Waals surface area (Å²) in [7, 11) is 0. The number of halogens is 3. The summed E-state index contributed by atoms with van der Waals surface area (Å²) in [5, 5.41) is 13.3. The quantitative estimate of drug-likeness (QED) is 0.682. The van der Waals surface area contributed by atoms with Crippen LogP contribution in [0.25, 0.3) is 0 Å². The molecule has 7 heteroatoms. The smallest absolute Gasteiger partial charge is 0.288 e. The number of hydrogen-bond donors (Lipinski definition) is 1. The summed E-state index contributed by atoms with van der Waals surface area (Å²) in [5.41, 5.74) is 0.0968. The number of benzene rings is 2. The van der Waals surface area contributed by atoms with Crippen LogP contribution in [0.3, 0.4) is 0 Å². The Kier molecular flexibility index (Phi) is 4.14. The summed E-state index contributed by atoms with van der Waals surface area (Å²) in [4.78, 5) is 9.99. The first-order valence-electron chi connectivity index (χ1n) is 5.59. The summed E-state index contributed by atoms with van der Waals surface area (Å²) in [5.74, 6) is -1.32. The van der Waals surface area contributed by atoms with Crippen LogP contribution in [0, 0.1) is 21.7 Å². The Morgan fingerprint density at radius 2 is 1.85 bits per heavy atom. The summed E-state index contributed by atoms with van der Waals surface area (Å²) < 4.78 is 26.8. The molecule has 0 aliphatic rings. The minimum atomic E-state index is -0.662. The molecule has 0 atom stereocenters. The molecule has 0 fully saturated rings. The highest BCUT2D eigenvalue weighted by molar-refractivity contribution is 6.32. The van der Waals surface area contributed by atoms with Crippen molar-refractivity contribution in [1.29, 1.82) is 0 Å². The van der Waals surface area contributed by atoms with E-state index in [9.17, 15) is 18.9 Å². The highest BCUT2D eigenvalue weighted by Gasteiger charge is 2.13. The van der Waals surface area contributed by atoms with Crippen molar-refractivity contribution in [3.8, 4) is 0 Å². The van der Waals surface area contributed by atoms with Crippen molar-refractivity contribution < 1.29 is 13.7 Å². The van der Waals surface area contributed by atoms with E-state index in [1.54, 1.807) is 0 Å². The van der Waals surface area contributed by atoms with Gasteiger partial charge in [-0.15, -0.1) is 0 Å². The van der Waals surface area contributed by atoms with E-state index in [4.69, 9.17) is 11.6 Å². The van der Waals surface area contributed by atoms with E-state index in [2.05, 4.69) is 5.32 Å². The normalized spacial score (nSPS) is 10.3. The van der Waals surface area contributed by atoms with Crippen molar-refractivity contribution in [2.75, 3.05) is 5.32 Å². The number of nitrogens with one attached hydrogen (secondary N) is 1. The van der Waals surface area contributed by atoms with Crippen LogP contribution in [-0.2, 0) is 6.54 Å². The SMILES string of the molecule is O=[N+]([O-])c1ccc(NCc2c(F)cccc2F)cc1Cl. The maximum absolute atomic E-state index is 13.4. The second-order valence-electron chi connectivity index (χ2n) is 3.98. The number of rotatable bonds is 4. The van der Waals surface area contributed by atoms with E-state index in [0.29, 0.717) is 5.69 Å². The zero-order valence-electron chi connectivity index (χ0n) is 10.1. The van der Waals surface area contributed by atoms with Gasteiger partial charge in [0.1, 0.15) is 16.7 Å². The van der Waals surface area contributed by atoms with Gasteiger partial charge >= 0.3 is 0 Å². The standard InChI is InChI=1S/C13H9ClF2N2O2/c14-10-6-8(4-5-13(10)18(19)20)17-7-9-11(15)2-1-3-12(9)16/h1-6,17H,7H2. The van der Waals surface area contributed by atoms with Gasteiger partial charge in [-0.2, -0.15) is 0 Å². The fourth-order valence-corrected chi connectivity index (χ4v) is 1.91. The van der Waals surface area contributed by atoms with Gasteiger partial charge in [-0.1, -0.05) is 17.7 Å². The molecule has 0 unspecified atom stereocenters. The first kappa shape index (κ1) is 14.2. The first-order valence-corrected chi connectivity index (χ1v) is 5.97. The van der Waals surface area contributed by atoms with E-state index < -0.39 is 16.6 Å². The lowest BCUT2D eigenvalue weighted by Gasteiger charge is -2.08. The lowest BCUT2D eigenvalue weighted by molar-refractivity contribution is -0.384. The molecular formula is C13H9ClF2N2O2. The van der Waals surface area contributed by atoms with Crippen LogP contribution in [0.15, 0.2) is 36.4 Å². The van der Waals surface area contributed by atoms with E-state index in [1.807, 2.05) is 0 Å². The predicted octanol–water partition coefficient (Wildman–Crippen LogP) is 4.14. The molecule has 0 bridgehead atoms. The topological polar surface area (TPSA) is 55.2 Å².